The van der Waals surface area contributed by atoms with E-state index in [4.69, 9.17) is 5.11 Å². The Balaban J connectivity index is 2.10. The van der Waals surface area contributed by atoms with Crippen LogP contribution < -0.4 is 0 Å². The second-order valence-electron chi connectivity index (χ2n) is 5.79. The fourth-order valence-corrected chi connectivity index (χ4v) is 3.56. The van der Waals surface area contributed by atoms with Crippen LogP contribution >= 0.6 is 0 Å². The van der Waals surface area contributed by atoms with E-state index < -0.39 is 0 Å². The van der Waals surface area contributed by atoms with E-state index in [1.54, 1.807) is 0 Å². The van der Waals surface area contributed by atoms with E-state index in [9.17, 15) is 9.59 Å². The van der Waals surface area contributed by atoms with Crippen LogP contribution in [0.1, 0.15) is 58.3 Å². The van der Waals surface area contributed by atoms with Gasteiger partial charge in [0.15, 0.2) is 0 Å². The number of carbonyl (C=O) groups is 2. The van der Waals surface area contributed by atoms with Gasteiger partial charge in [0, 0.05) is 25.5 Å². The normalized spacial score (nSPS) is 24.9. The molecule has 1 aliphatic heterocycles. The van der Waals surface area contributed by atoms with Gasteiger partial charge in [-0.05, 0) is 31.1 Å². The molecule has 1 spiro atoms. The quantitative estimate of drug-likeness (QED) is 0.778. The molecule has 4 nitrogen and oxygen atoms in total. The third-order valence-electron chi connectivity index (χ3n) is 4.55. The summed E-state index contributed by atoms with van der Waals surface area (Å²) in [5.41, 5.74) is -0.0256. The van der Waals surface area contributed by atoms with Gasteiger partial charge >= 0.3 is 0 Å². The van der Waals surface area contributed by atoms with Crippen molar-refractivity contribution in [1.82, 2.24) is 4.90 Å². The largest absolute Gasteiger partial charge is 0.396 e. The molecule has 1 aliphatic carbocycles. The van der Waals surface area contributed by atoms with Crippen molar-refractivity contribution in [3.05, 3.63) is 0 Å². The standard InChI is InChI=1S/C14H23NO3/c1-2-11(5-8-16)15-12(17)9-14(10-13(15)18)6-3-4-7-14/h11,16H,2-10H2,1H3. The molecule has 0 radical (unpaired) electrons. The van der Waals surface area contributed by atoms with Crippen LogP contribution in [-0.2, 0) is 9.59 Å². The Labute approximate surface area is 108 Å². The number of amides is 2. The Kier molecular flexibility index (Phi) is 4.05. The lowest BCUT2D eigenvalue weighted by molar-refractivity contribution is -0.156. The van der Waals surface area contributed by atoms with E-state index in [0.29, 0.717) is 19.3 Å². The summed E-state index contributed by atoms with van der Waals surface area (Å²) >= 11 is 0. The van der Waals surface area contributed by atoms with Crippen LogP contribution in [-0.4, -0.2) is 34.5 Å². The van der Waals surface area contributed by atoms with Gasteiger partial charge in [-0.25, -0.2) is 0 Å². The fourth-order valence-electron chi connectivity index (χ4n) is 3.56. The minimum absolute atomic E-state index is 0.0200. The number of aliphatic hydroxyl groups excluding tert-OH is 1. The number of likely N-dealkylation sites (tertiary alicyclic amines) is 1. The van der Waals surface area contributed by atoms with Crippen molar-refractivity contribution in [2.24, 2.45) is 5.41 Å². The van der Waals surface area contributed by atoms with Gasteiger partial charge in [0.1, 0.15) is 0 Å². The highest BCUT2D eigenvalue weighted by Crippen LogP contribution is 2.47. The molecule has 102 valence electrons. The topological polar surface area (TPSA) is 57.6 Å². The molecular formula is C14H23NO3. The van der Waals surface area contributed by atoms with E-state index in [1.165, 1.54) is 4.90 Å². The monoisotopic (exact) mass is 253 g/mol. The predicted molar refractivity (Wildman–Crippen MR) is 67.8 cm³/mol. The fraction of sp³-hybridized carbons (Fsp3) is 0.857. The molecule has 2 fully saturated rings. The summed E-state index contributed by atoms with van der Waals surface area (Å²) in [5, 5.41) is 9.03. The number of hydrogen-bond acceptors (Lipinski definition) is 3. The lowest BCUT2D eigenvalue weighted by atomic mass is 9.76. The molecule has 1 N–H and O–H groups in total. The third kappa shape index (κ3) is 2.44. The van der Waals surface area contributed by atoms with Gasteiger partial charge in [-0.15, -0.1) is 0 Å². The third-order valence-corrected chi connectivity index (χ3v) is 4.55. The van der Waals surface area contributed by atoms with Gasteiger partial charge in [0.25, 0.3) is 0 Å². The molecule has 0 aromatic rings. The zero-order valence-electron chi connectivity index (χ0n) is 11.2. The summed E-state index contributed by atoms with van der Waals surface area (Å²) in [6, 6.07) is -0.117. The minimum Gasteiger partial charge on any atom is -0.396 e. The summed E-state index contributed by atoms with van der Waals surface area (Å²) < 4.78 is 0. The first-order valence-electron chi connectivity index (χ1n) is 7.07. The van der Waals surface area contributed by atoms with Crippen molar-refractivity contribution in [3.8, 4) is 0 Å². The van der Waals surface area contributed by atoms with E-state index in [2.05, 4.69) is 0 Å². The summed E-state index contributed by atoms with van der Waals surface area (Å²) in [6.07, 6.45) is 6.63. The lowest BCUT2D eigenvalue weighted by Gasteiger charge is -2.40. The van der Waals surface area contributed by atoms with Gasteiger partial charge in [-0.1, -0.05) is 19.8 Å². The molecule has 2 aliphatic rings. The average molecular weight is 253 g/mol. The molecule has 1 atom stereocenters. The highest BCUT2D eigenvalue weighted by atomic mass is 16.3. The first-order valence-corrected chi connectivity index (χ1v) is 7.07. The number of aliphatic hydroxyl groups is 1. The lowest BCUT2D eigenvalue weighted by Crippen LogP contribution is -2.52. The molecule has 0 aromatic heterocycles. The van der Waals surface area contributed by atoms with Crippen LogP contribution in [0.5, 0.6) is 0 Å². The first kappa shape index (κ1) is 13.5. The van der Waals surface area contributed by atoms with E-state index >= 15 is 0 Å². The van der Waals surface area contributed by atoms with Gasteiger partial charge in [-0.2, -0.15) is 0 Å². The van der Waals surface area contributed by atoms with E-state index in [1.807, 2.05) is 6.92 Å². The van der Waals surface area contributed by atoms with Crippen molar-refractivity contribution in [3.63, 3.8) is 0 Å². The maximum Gasteiger partial charge on any atom is 0.229 e. The van der Waals surface area contributed by atoms with Gasteiger partial charge in [0.05, 0.1) is 0 Å². The van der Waals surface area contributed by atoms with Crippen molar-refractivity contribution >= 4 is 11.8 Å². The number of piperidine rings is 1. The molecule has 1 unspecified atom stereocenters. The summed E-state index contributed by atoms with van der Waals surface area (Å²) in [6.45, 7) is 1.99. The second kappa shape index (κ2) is 5.39. The molecule has 0 bridgehead atoms. The Morgan fingerprint density at radius 2 is 1.78 bits per heavy atom. The highest BCUT2D eigenvalue weighted by Gasteiger charge is 2.46. The molecule has 0 aromatic carbocycles. The number of nitrogens with zero attached hydrogens (tertiary/aromatic N) is 1. The molecular weight excluding hydrogens is 230 g/mol. The van der Waals surface area contributed by atoms with Crippen molar-refractivity contribution < 1.29 is 14.7 Å². The van der Waals surface area contributed by atoms with Crippen molar-refractivity contribution in [1.29, 1.82) is 0 Å². The molecule has 4 heteroatoms. The van der Waals surface area contributed by atoms with Crippen LogP contribution in [0.3, 0.4) is 0 Å². The second-order valence-corrected chi connectivity index (χ2v) is 5.79. The van der Waals surface area contributed by atoms with E-state index in [0.717, 1.165) is 32.1 Å². The van der Waals surface area contributed by atoms with Crippen molar-refractivity contribution in [2.75, 3.05) is 6.61 Å². The summed E-state index contributed by atoms with van der Waals surface area (Å²) in [4.78, 5) is 26.0. The molecule has 1 saturated carbocycles. The zero-order valence-corrected chi connectivity index (χ0v) is 11.2. The molecule has 2 rings (SSSR count). The molecule has 2 amide bonds. The SMILES string of the molecule is CCC(CCO)N1C(=O)CC2(CCCC2)CC1=O. The van der Waals surface area contributed by atoms with Crippen LogP contribution in [0.4, 0.5) is 0 Å². The van der Waals surface area contributed by atoms with Crippen LogP contribution in [0.2, 0.25) is 0 Å². The smallest absolute Gasteiger partial charge is 0.229 e. The van der Waals surface area contributed by atoms with Crippen LogP contribution in [0, 0.1) is 5.41 Å². The number of imide groups is 1. The average Bonchev–Trinajstić information content (AvgIpc) is 2.74. The van der Waals surface area contributed by atoms with E-state index in [-0.39, 0.29) is 29.9 Å². The zero-order chi connectivity index (χ0) is 13.2. The summed E-state index contributed by atoms with van der Waals surface area (Å²) in [5.74, 6) is -0.0399. The maximum absolute atomic E-state index is 12.3. The Morgan fingerprint density at radius 1 is 1.22 bits per heavy atom. The summed E-state index contributed by atoms with van der Waals surface area (Å²) in [7, 11) is 0. The predicted octanol–water partition coefficient (Wildman–Crippen LogP) is 1.86. The van der Waals surface area contributed by atoms with Crippen LogP contribution in [0.25, 0.3) is 0 Å². The Morgan fingerprint density at radius 3 is 2.22 bits per heavy atom. The Hall–Kier alpha value is -0.900. The molecule has 1 heterocycles. The van der Waals surface area contributed by atoms with Crippen LogP contribution in [0.15, 0.2) is 0 Å². The molecule has 1 saturated heterocycles. The van der Waals surface area contributed by atoms with Gasteiger partial charge in [-0.3, -0.25) is 14.5 Å². The van der Waals surface area contributed by atoms with Gasteiger partial charge in [0.2, 0.25) is 11.8 Å². The Bertz CT molecular complexity index is 314. The van der Waals surface area contributed by atoms with Gasteiger partial charge < -0.3 is 5.11 Å². The molecule has 18 heavy (non-hydrogen) atoms. The minimum atomic E-state index is -0.117. The highest BCUT2D eigenvalue weighted by molar-refractivity contribution is 5.99. The van der Waals surface area contributed by atoms with Crippen molar-refractivity contribution in [2.45, 2.75) is 64.3 Å². The number of rotatable bonds is 4. The number of carbonyl (C=O) groups excluding carboxylic acids is 2. The first-order chi connectivity index (χ1) is 8.62. The maximum atomic E-state index is 12.3. The number of hydrogen-bond donors (Lipinski definition) is 1.